The normalized spacial score (nSPS) is 12.0. The Kier molecular flexibility index (Phi) is 12.3. The minimum Gasteiger partial charge on any atom is -0.492 e. The summed E-state index contributed by atoms with van der Waals surface area (Å²) < 4.78 is 35.5. The number of hydrogen-bond acceptors (Lipinski definition) is 5. The number of hydrogen-bond donors (Lipinski definition) is 1. The molecule has 4 aromatic rings. The van der Waals surface area contributed by atoms with Crippen LogP contribution in [0.15, 0.2) is 102 Å². The molecule has 0 heterocycles. The Morgan fingerprint density at radius 3 is 2.09 bits per heavy atom. The highest BCUT2D eigenvalue weighted by Gasteiger charge is 2.36. The number of benzene rings is 4. The molecule has 0 aliphatic rings. The molecule has 0 aliphatic carbocycles. The summed E-state index contributed by atoms with van der Waals surface area (Å²) in [6, 6.07) is 26.1. The predicted octanol–water partition coefficient (Wildman–Crippen LogP) is 7.06. The lowest BCUT2D eigenvalue weighted by molar-refractivity contribution is -0.140. The van der Waals surface area contributed by atoms with E-state index in [1.165, 1.54) is 17.0 Å². The topological polar surface area (TPSA) is 96.0 Å². The van der Waals surface area contributed by atoms with Crippen LogP contribution in [0.5, 0.6) is 5.75 Å². The molecule has 1 N–H and O–H groups in total. The van der Waals surface area contributed by atoms with Crippen LogP contribution in [0.25, 0.3) is 0 Å². The number of aryl methyl sites for hydroxylation is 1. The Bertz CT molecular complexity index is 1760. The van der Waals surface area contributed by atoms with Gasteiger partial charge < -0.3 is 15.0 Å². The monoisotopic (exact) mass is 695 g/mol. The van der Waals surface area contributed by atoms with E-state index in [4.69, 9.17) is 27.9 Å². The maximum absolute atomic E-state index is 14.7. The van der Waals surface area contributed by atoms with Crippen molar-refractivity contribution in [1.29, 1.82) is 0 Å². The zero-order chi connectivity index (χ0) is 34.1. The molecular formula is C36H39Cl2N3O5S. The van der Waals surface area contributed by atoms with Gasteiger partial charge in [0.25, 0.3) is 10.0 Å². The maximum atomic E-state index is 14.7. The second-order valence-corrected chi connectivity index (χ2v) is 14.0. The second kappa shape index (κ2) is 16.2. The lowest BCUT2D eigenvalue weighted by atomic mass is 10.0. The lowest BCUT2D eigenvalue weighted by Gasteiger charge is -2.34. The van der Waals surface area contributed by atoms with Crippen LogP contribution in [0.2, 0.25) is 10.0 Å². The van der Waals surface area contributed by atoms with E-state index in [9.17, 15) is 18.0 Å². The van der Waals surface area contributed by atoms with Crippen LogP contribution in [0.3, 0.4) is 0 Å². The molecule has 0 saturated heterocycles. The van der Waals surface area contributed by atoms with Crippen molar-refractivity contribution in [3.8, 4) is 5.75 Å². The molecule has 1 atom stereocenters. The van der Waals surface area contributed by atoms with Crippen LogP contribution in [0.1, 0.15) is 37.5 Å². The molecule has 4 aromatic carbocycles. The number of carbonyl (C=O) groups is 2. The fourth-order valence-corrected chi connectivity index (χ4v) is 7.02. The van der Waals surface area contributed by atoms with E-state index in [0.717, 1.165) is 15.4 Å². The quantitative estimate of drug-likeness (QED) is 0.152. The van der Waals surface area contributed by atoms with Crippen molar-refractivity contribution in [2.75, 3.05) is 17.5 Å². The van der Waals surface area contributed by atoms with Crippen molar-refractivity contribution in [2.24, 2.45) is 0 Å². The standard InChI is InChI=1S/C36H39Cl2N3O5S/c1-5-46-34-17-10-9-16-32(34)41(47(44,45)28-20-18-26(4)19-21-28)24-35(42)40(23-29-30(37)14-11-15-31(29)38)33(36(43)39-25(2)3)22-27-12-7-6-8-13-27/h6-21,25,33H,5,22-24H2,1-4H3,(H,39,43). The molecule has 8 nitrogen and oxygen atoms in total. The molecule has 4 rings (SSSR count). The summed E-state index contributed by atoms with van der Waals surface area (Å²) in [5.41, 5.74) is 2.31. The number of anilines is 1. The molecule has 0 saturated carbocycles. The summed E-state index contributed by atoms with van der Waals surface area (Å²) in [6.07, 6.45) is 0.160. The first-order valence-electron chi connectivity index (χ1n) is 15.3. The summed E-state index contributed by atoms with van der Waals surface area (Å²) in [7, 11) is -4.30. The van der Waals surface area contributed by atoms with E-state index >= 15 is 0 Å². The molecule has 0 radical (unpaired) electrons. The van der Waals surface area contributed by atoms with Gasteiger partial charge >= 0.3 is 0 Å². The SMILES string of the molecule is CCOc1ccccc1N(CC(=O)N(Cc1c(Cl)cccc1Cl)C(Cc1ccccc1)C(=O)NC(C)C)S(=O)(=O)c1ccc(C)cc1. The first kappa shape index (κ1) is 35.8. The molecule has 47 heavy (non-hydrogen) atoms. The number of sulfonamides is 1. The largest absolute Gasteiger partial charge is 0.492 e. The average molecular weight is 697 g/mol. The fourth-order valence-electron chi connectivity index (χ4n) is 5.08. The average Bonchev–Trinajstić information content (AvgIpc) is 3.03. The van der Waals surface area contributed by atoms with Crippen molar-refractivity contribution >= 4 is 50.7 Å². The second-order valence-electron chi connectivity index (χ2n) is 11.3. The molecule has 0 bridgehead atoms. The minimum absolute atomic E-state index is 0.00119. The van der Waals surface area contributed by atoms with Crippen molar-refractivity contribution in [2.45, 2.75) is 57.6 Å². The number of carbonyl (C=O) groups excluding carboxylic acids is 2. The van der Waals surface area contributed by atoms with E-state index in [2.05, 4.69) is 5.32 Å². The van der Waals surface area contributed by atoms with Crippen LogP contribution >= 0.6 is 23.2 Å². The molecule has 0 aromatic heterocycles. The highest BCUT2D eigenvalue weighted by Crippen LogP contribution is 2.34. The Labute approximate surface area is 287 Å². The molecular weight excluding hydrogens is 657 g/mol. The van der Waals surface area contributed by atoms with Gasteiger partial charge in [0.1, 0.15) is 18.3 Å². The molecule has 0 fully saturated rings. The van der Waals surface area contributed by atoms with E-state index in [-0.39, 0.29) is 41.9 Å². The van der Waals surface area contributed by atoms with Crippen LogP contribution in [0, 0.1) is 6.92 Å². The van der Waals surface area contributed by atoms with Crippen molar-refractivity contribution in [1.82, 2.24) is 10.2 Å². The number of nitrogens with one attached hydrogen (secondary N) is 1. The zero-order valence-corrected chi connectivity index (χ0v) is 29.1. The van der Waals surface area contributed by atoms with Crippen LogP contribution in [0.4, 0.5) is 5.69 Å². The van der Waals surface area contributed by atoms with E-state index < -0.39 is 34.4 Å². The van der Waals surface area contributed by atoms with E-state index in [0.29, 0.717) is 15.6 Å². The minimum atomic E-state index is -4.30. The highest BCUT2D eigenvalue weighted by molar-refractivity contribution is 7.92. The zero-order valence-electron chi connectivity index (χ0n) is 26.8. The summed E-state index contributed by atoms with van der Waals surface area (Å²) in [4.78, 5) is 29.9. The van der Waals surface area contributed by atoms with Crippen LogP contribution in [-0.4, -0.2) is 50.4 Å². The Morgan fingerprint density at radius 2 is 1.47 bits per heavy atom. The Hall–Kier alpha value is -4.05. The number of para-hydroxylation sites is 2. The predicted molar refractivity (Wildman–Crippen MR) is 188 cm³/mol. The third-order valence-electron chi connectivity index (χ3n) is 7.41. The third-order valence-corrected chi connectivity index (χ3v) is 9.90. The van der Waals surface area contributed by atoms with Crippen molar-refractivity contribution < 1.29 is 22.7 Å². The fraction of sp³-hybridized carbons (Fsp3) is 0.278. The number of amides is 2. The van der Waals surface area contributed by atoms with Gasteiger partial charge in [-0.1, -0.05) is 89.4 Å². The first-order chi connectivity index (χ1) is 22.4. The molecule has 1 unspecified atom stereocenters. The lowest BCUT2D eigenvalue weighted by Crippen LogP contribution is -2.54. The molecule has 0 spiro atoms. The van der Waals surface area contributed by atoms with Crippen molar-refractivity contribution in [3.63, 3.8) is 0 Å². The van der Waals surface area contributed by atoms with Crippen molar-refractivity contribution in [3.05, 3.63) is 124 Å². The highest BCUT2D eigenvalue weighted by atomic mass is 35.5. The van der Waals surface area contributed by atoms with Gasteiger partial charge in [0.2, 0.25) is 11.8 Å². The number of halogens is 2. The van der Waals surface area contributed by atoms with Gasteiger partial charge in [-0.15, -0.1) is 0 Å². The van der Waals surface area contributed by atoms with Gasteiger partial charge in [-0.3, -0.25) is 13.9 Å². The van der Waals surface area contributed by atoms with Gasteiger partial charge in [0.05, 0.1) is 17.2 Å². The maximum Gasteiger partial charge on any atom is 0.264 e. The summed E-state index contributed by atoms with van der Waals surface area (Å²) >= 11 is 13.2. The molecule has 11 heteroatoms. The van der Waals surface area contributed by atoms with Gasteiger partial charge in [0.15, 0.2) is 0 Å². The number of nitrogens with zero attached hydrogens (tertiary/aromatic N) is 2. The van der Waals surface area contributed by atoms with Gasteiger partial charge in [-0.05, 0) is 69.7 Å². The Morgan fingerprint density at radius 1 is 0.851 bits per heavy atom. The molecule has 2 amide bonds. The smallest absolute Gasteiger partial charge is 0.264 e. The first-order valence-corrected chi connectivity index (χ1v) is 17.5. The molecule has 0 aliphatic heterocycles. The van der Waals surface area contributed by atoms with Gasteiger partial charge in [-0.2, -0.15) is 0 Å². The number of ether oxygens (including phenoxy) is 1. The van der Waals surface area contributed by atoms with E-state index in [1.807, 2.05) is 51.1 Å². The molecule has 248 valence electrons. The van der Waals surface area contributed by atoms with Gasteiger partial charge in [0, 0.05) is 34.6 Å². The van der Waals surface area contributed by atoms with Crippen LogP contribution < -0.4 is 14.4 Å². The summed E-state index contributed by atoms with van der Waals surface area (Å²) in [5, 5.41) is 3.55. The van der Waals surface area contributed by atoms with E-state index in [1.54, 1.807) is 61.5 Å². The summed E-state index contributed by atoms with van der Waals surface area (Å²) in [5.74, 6) is -0.747. The summed E-state index contributed by atoms with van der Waals surface area (Å²) in [6.45, 7) is 6.79. The van der Waals surface area contributed by atoms with Gasteiger partial charge in [-0.25, -0.2) is 8.42 Å². The van der Waals surface area contributed by atoms with Crippen LogP contribution in [-0.2, 0) is 32.6 Å². The Balaban J connectivity index is 1.87. The third kappa shape index (κ3) is 9.06. The number of rotatable bonds is 14.